The standard InChI is InChI=1S/C14H29N3OS/c1-5-17(6-2)8-7-16-14(12(15)18)9-13(3,4)10-19-11-14/h16H,5-11H2,1-4H3,(H2,15,18). The van der Waals surface area contributed by atoms with Crippen LogP contribution in [0.15, 0.2) is 0 Å². The molecule has 0 aromatic rings. The van der Waals surface area contributed by atoms with Gasteiger partial charge in [0.1, 0.15) is 5.54 Å². The topological polar surface area (TPSA) is 58.4 Å². The molecule has 0 saturated carbocycles. The fourth-order valence-electron chi connectivity index (χ4n) is 2.77. The first-order valence-electron chi connectivity index (χ1n) is 7.20. The summed E-state index contributed by atoms with van der Waals surface area (Å²) in [7, 11) is 0. The van der Waals surface area contributed by atoms with E-state index in [0.29, 0.717) is 0 Å². The van der Waals surface area contributed by atoms with Gasteiger partial charge in [-0.15, -0.1) is 0 Å². The van der Waals surface area contributed by atoms with Gasteiger partial charge < -0.3 is 16.0 Å². The summed E-state index contributed by atoms with van der Waals surface area (Å²) in [6, 6.07) is 0. The summed E-state index contributed by atoms with van der Waals surface area (Å²) in [6.45, 7) is 12.6. The van der Waals surface area contributed by atoms with Crippen LogP contribution in [0, 0.1) is 5.41 Å². The third kappa shape index (κ3) is 4.65. The Labute approximate surface area is 121 Å². The Hall–Kier alpha value is -0.260. The van der Waals surface area contributed by atoms with Crippen LogP contribution in [0.4, 0.5) is 0 Å². The molecule has 5 heteroatoms. The highest BCUT2D eigenvalue weighted by molar-refractivity contribution is 7.99. The third-order valence-corrected chi connectivity index (χ3v) is 5.56. The number of nitrogens with one attached hydrogen (secondary N) is 1. The van der Waals surface area contributed by atoms with Gasteiger partial charge in [0.2, 0.25) is 5.91 Å². The molecule has 19 heavy (non-hydrogen) atoms. The second kappa shape index (κ2) is 6.95. The van der Waals surface area contributed by atoms with E-state index < -0.39 is 5.54 Å². The molecule has 0 bridgehead atoms. The summed E-state index contributed by atoms with van der Waals surface area (Å²) in [5.74, 6) is 1.69. The summed E-state index contributed by atoms with van der Waals surface area (Å²) in [5.41, 5.74) is 5.32. The molecule has 1 atom stereocenters. The van der Waals surface area contributed by atoms with Crippen LogP contribution >= 0.6 is 11.8 Å². The van der Waals surface area contributed by atoms with E-state index in [1.165, 1.54) is 0 Å². The largest absolute Gasteiger partial charge is 0.368 e. The average Bonchev–Trinajstić information content (AvgIpc) is 2.33. The van der Waals surface area contributed by atoms with Crippen molar-refractivity contribution in [2.75, 3.05) is 37.7 Å². The smallest absolute Gasteiger partial charge is 0.238 e. The number of primary amides is 1. The Bertz CT molecular complexity index is 305. The second-order valence-electron chi connectivity index (χ2n) is 6.23. The minimum atomic E-state index is -0.528. The Morgan fingerprint density at radius 1 is 1.32 bits per heavy atom. The molecule has 0 aromatic heterocycles. The normalized spacial score (nSPS) is 26.6. The maximum absolute atomic E-state index is 11.9. The van der Waals surface area contributed by atoms with Gasteiger partial charge in [-0.05, 0) is 30.7 Å². The van der Waals surface area contributed by atoms with E-state index in [2.05, 4.69) is 37.9 Å². The molecule has 1 aliphatic heterocycles. The van der Waals surface area contributed by atoms with Gasteiger partial charge >= 0.3 is 0 Å². The lowest BCUT2D eigenvalue weighted by atomic mass is 9.79. The Morgan fingerprint density at radius 3 is 2.42 bits per heavy atom. The molecule has 1 unspecified atom stereocenters. The lowest BCUT2D eigenvalue weighted by Gasteiger charge is -2.43. The number of carbonyl (C=O) groups is 1. The van der Waals surface area contributed by atoms with E-state index in [4.69, 9.17) is 5.73 Å². The van der Waals surface area contributed by atoms with Gasteiger partial charge in [0.05, 0.1) is 0 Å². The second-order valence-corrected chi connectivity index (χ2v) is 7.22. The van der Waals surface area contributed by atoms with Crippen molar-refractivity contribution in [2.45, 2.75) is 39.7 Å². The third-order valence-electron chi connectivity index (χ3n) is 3.88. The van der Waals surface area contributed by atoms with Crippen LogP contribution in [0.2, 0.25) is 0 Å². The number of nitrogens with two attached hydrogens (primary N) is 1. The van der Waals surface area contributed by atoms with Crippen molar-refractivity contribution < 1.29 is 4.79 Å². The summed E-state index contributed by atoms with van der Waals surface area (Å²) < 4.78 is 0. The van der Waals surface area contributed by atoms with E-state index in [9.17, 15) is 4.79 Å². The predicted octanol–water partition coefficient (Wildman–Crippen LogP) is 1.31. The van der Waals surface area contributed by atoms with Crippen LogP contribution in [0.3, 0.4) is 0 Å². The first-order chi connectivity index (χ1) is 8.85. The predicted molar refractivity (Wildman–Crippen MR) is 83.4 cm³/mol. The number of carbonyl (C=O) groups excluding carboxylic acids is 1. The van der Waals surface area contributed by atoms with Gasteiger partial charge in [-0.25, -0.2) is 0 Å². The van der Waals surface area contributed by atoms with E-state index in [-0.39, 0.29) is 11.3 Å². The van der Waals surface area contributed by atoms with Gasteiger partial charge in [0.25, 0.3) is 0 Å². The number of hydrogen-bond donors (Lipinski definition) is 2. The van der Waals surface area contributed by atoms with Gasteiger partial charge in [0, 0.05) is 18.8 Å². The minimum absolute atomic E-state index is 0.167. The molecule has 112 valence electrons. The first kappa shape index (κ1) is 16.8. The maximum Gasteiger partial charge on any atom is 0.238 e. The molecule has 0 radical (unpaired) electrons. The minimum Gasteiger partial charge on any atom is -0.368 e. The van der Waals surface area contributed by atoms with E-state index in [0.717, 1.165) is 44.1 Å². The zero-order chi connectivity index (χ0) is 14.5. The van der Waals surface area contributed by atoms with Gasteiger partial charge in [-0.2, -0.15) is 11.8 Å². The molecule has 0 spiro atoms. The van der Waals surface area contributed by atoms with Crippen LogP contribution in [0.5, 0.6) is 0 Å². The monoisotopic (exact) mass is 287 g/mol. The van der Waals surface area contributed by atoms with Crippen molar-refractivity contribution in [1.29, 1.82) is 0 Å². The van der Waals surface area contributed by atoms with Crippen molar-refractivity contribution in [3.05, 3.63) is 0 Å². The number of rotatable bonds is 7. The fraction of sp³-hybridized carbons (Fsp3) is 0.929. The van der Waals surface area contributed by atoms with Gasteiger partial charge in [-0.1, -0.05) is 27.7 Å². The summed E-state index contributed by atoms with van der Waals surface area (Å²) >= 11 is 1.83. The van der Waals surface area contributed by atoms with E-state index in [1.54, 1.807) is 0 Å². The Balaban J connectivity index is 2.60. The van der Waals surface area contributed by atoms with Crippen molar-refractivity contribution in [1.82, 2.24) is 10.2 Å². The molecule has 1 rings (SSSR count). The number of hydrogen-bond acceptors (Lipinski definition) is 4. The van der Waals surface area contributed by atoms with Crippen molar-refractivity contribution in [3.8, 4) is 0 Å². The summed E-state index contributed by atoms with van der Waals surface area (Å²) in [6.07, 6.45) is 0.834. The highest BCUT2D eigenvalue weighted by atomic mass is 32.2. The van der Waals surface area contributed by atoms with E-state index >= 15 is 0 Å². The Kier molecular flexibility index (Phi) is 6.15. The molecule has 0 aliphatic carbocycles. The van der Waals surface area contributed by atoms with Crippen molar-refractivity contribution in [2.24, 2.45) is 11.1 Å². The first-order valence-corrected chi connectivity index (χ1v) is 8.36. The molecular weight excluding hydrogens is 258 g/mol. The molecule has 1 amide bonds. The molecule has 0 aromatic carbocycles. The number of amides is 1. The van der Waals surface area contributed by atoms with Gasteiger partial charge in [-0.3, -0.25) is 4.79 Å². The maximum atomic E-state index is 11.9. The zero-order valence-electron chi connectivity index (χ0n) is 12.8. The molecule has 1 saturated heterocycles. The average molecular weight is 287 g/mol. The van der Waals surface area contributed by atoms with Crippen LogP contribution < -0.4 is 11.1 Å². The Morgan fingerprint density at radius 2 is 1.95 bits per heavy atom. The molecule has 1 heterocycles. The van der Waals surface area contributed by atoms with Crippen LogP contribution in [0.25, 0.3) is 0 Å². The SMILES string of the molecule is CCN(CC)CCNC1(C(N)=O)CSCC(C)(C)C1. The molecular formula is C14H29N3OS. The summed E-state index contributed by atoms with van der Waals surface area (Å²) in [4.78, 5) is 14.3. The summed E-state index contributed by atoms with van der Waals surface area (Å²) in [5, 5.41) is 3.45. The van der Waals surface area contributed by atoms with Crippen molar-refractivity contribution in [3.63, 3.8) is 0 Å². The van der Waals surface area contributed by atoms with Crippen molar-refractivity contribution >= 4 is 17.7 Å². The molecule has 3 N–H and O–H groups in total. The molecule has 1 aliphatic rings. The highest BCUT2D eigenvalue weighted by Crippen LogP contribution is 2.39. The lowest BCUT2D eigenvalue weighted by molar-refractivity contribution is -0.124. The number of thioether (sulfide) groups is 1. The fourth-order valence-corrected chi connectivity index (χ4v) is 4.22. The van der Waals surface area contributed by atoms with E-state index in [1.807, 2.05) is 11.8 Å². The molecule has 4 nitrogen and oxygen atoms in total. The number of nitrogens with zero attached hydrogens (tertiary/aromatic N) is 1. The van der Waals surface area contributed by atoms with Crippen LogP contribution in [0.1, 0.15) is 34.1 Å². The van der Waals surface area contributed by atoms with Gasteiger partial charge in [0.15, 0.2) is 0 Å². The quantitative estimate of drug-likeness (QED) is 0.741. The zero-order valence-corrected chi connectivity index (χ0v) is 13.6. The highest BCUT2D eigenvalue weighted by Gasteiger charge is 2.44. The number of likely N-dealkylation sites (N-methyl/N-ethyl adjacent to an activating group) is 1. The lowest BCUT2D eigenvalue weighted by Crippen LogP contribution is -2.62. The van der Waals surface area contributed by atoms with Crippen LogP contribution in [-0.2, 0) is 4.79 Å². The van der Waals surface area contributed by atoms with Crippen LogP contribution in [-0.4, -0.2) is 54.0 Å². The molecule has 1 fully saturated rings.